The minimum Gasteiger partial charge on any atom is -0.378 e. The Labute approximate surface area is 208 Å². The van der Waals surface area contributed by atoms with Crippen LogP contribution in [-0.4, -0.2) is 25.9 Å². The van der Waals surface area contributed by atoms with E-state index in [-0.39, 0.29) is 11.4 Å². The Bertz CT molecular complexity index is 1240. The van der Waals surface area contributed by atoms with Crippen LogP contribution < -0.4 is 15.5 Å². The van der Waals surface area contributed by atoms with Gasteiger partial charge in [0.25, 0.3) is 11.8 Å². The molecule has 0 aromatic heterocycles. The van der Waals surface area contributed by atoms with Gasteiger partial charge in [-0.15, -0.1) is 0 Å². The Hall–Kier alpha value is -4.28. The number of hydrogen-bond acceptors (Lipinski definition) is 3. The van der Waals surface area contributed by atoms with Crippen LogP contribution in [0.25, 0.3) is 6.08 Å². The molecule has 0 spiro atoms. The number of carbonyl (C=O) groups excluding carboxylic acids is 2. The number of anilines is 3. The predicted octanol–water partition coefficient (Wildman–Crippen LogP) is 6.45. The summed E-state index contributed by atoms with van der Waals surface area (Å²) < 4.78 is 78.3. The zero-order valence-electron chi connectivity index (χ0n) is 19.5. The minimum absolute atomic E-state index is 0.222. The first-order chi connectivity index (χ1) is 17.2. The molecule has 0 fully saturated rings. The summed E-state index contributed by atoms with van der Waals surface area (Å²) in [5, 5.41) is 4.50. The van der Waals surface area contributed by atoms with Gasteiger partial charge in [-0.25, -0.2) is 0 Å². The first-order valence-corrected chi connectivity index (χ1v) is 10.7. The third-order valence-electron chi connectivity index (χ3n) is 5.11. The third kappa shape index (κ3) is 7.35. The molecule has 11 heteroatoms. The van der Waals surface area contributed by atoms with Crippen molar-refractivity contribution in [2.24, 2.45) is 0 Å². The number of halogens is 6. The number of carbonyl (C=O) groups is 2. The van der Waals surface area contributed by atoms with Crippen molar-refractivity contribution < 1.29 is 35.9 Å². The van der Waals surface area contributed by atoms with E-state index in [4.69, 9.17) is 0 Å². The molecule has 0 unspecified atom stereocenters. The van der Waals surface area contributed by atoms with Gasteiger partial charge in [-0.1, -0.05) is 24.3 Å². The van der Waals surface area contributed by atoms with Crippen molar-refractivity contribution in [3.63, 3.8) is 0 Å². The number of alkyl halides is 6. The van der Waals surface area contributed by atoms with Crippen LogP contribution in [0.4, 0.5) is 43.4 Å². The molecule has 37 heavy (non-hydrogen) atoms. The van der Waals surface area contributed by atoms with Gasteiger partial charge in [0.05, 0.1) is 11.1 Å². The molecule has 2 amide bonds. The van der Waals surface area contributed by atoms with Crippen molar-refractivity contribution in [1.82, 2.24) is 0 Å². The van der Waals surface area contributed by atoms with Crippen LogP contribution >= 0.6 is 0 Å². The Kier molecular flexibility index (Phi) is 7.95. The van der Waals surface area contributed by atoms with Crippen molar-refractivity contribution in [2.75, 3.05) is 29.6 Å². The lowest BCUT2D eigenvalue weighted by Crippen LogP contribution is -2.25. The lowest BCUT2D eigenvalue weighted by molar-refractivity contribution is -0.138. The highest BCUT2D eigenvalue weighted by atomic mass is 19.4. The maximum Gasteiger partial charge on any atom is 0.416 e. The largest absolute Gasteiger partial charge is 0.416 e. The van der Waals surface area contributed by atoms with Gasteiger partial charge < -0.3 is 15.5 Å². The van der Waals surface area contributed by atoms with E-state index in [0.717, 1.165) is 30.0 Å². The molecule has 0 heterocycles. The van der Waals surface area contributed by atoms with Gasteiger partial charge in [0, 0.05) is 31.2 Å². The molecule has 5 nitrogen and oxygen atoms in total. The highest BCUT2D eigenvalue weighted by Crippen LogP contribution is 2.32. The lowest BCUT2D eigenvalue weighted by atomic mass is 10.1. The van der Waals surface area contributed by atoms with E-state index in [9.17, 15) is 35.9 Å². The lowest BCUT2D eigenvalue weighted by Gasteiger charge is -2.14. The molecule has 0 bridgehead atoms. The van der Waals surface area contributed by atoms with Crippen LogP contribution in [0.2, 0.25) is 0 Å². The zero-order chi connectivity index (χ0) is 27.4. The van der Waals surface area contributed by atoms with Gasteiger partial charge in [0.15, 0.2) is 0 Å². The summed E-state index contributed by atoms with van der Waals surface area (Å²) in [5.41, 5.74) is -1.78. The highest BCUT2D eigenvalue weighted by Gasteiger charge is 2.32. The predicted molar refractivity (Wildman–Crippen MR) is 129 cm³/mol. The maximum atomic E-state index is 13.1. The first-order valence-electron chi connectivity index (χ1n) is 10.7. The first kappa shape index (κ1) is 27.3. The zero-order valence-corrected chi connectivity index (χ0v) is 19.5. The molecular formula is C26H21F6N3O2. The Morgan fingerprint density at radius 3 is 1.51 bits per heavy atom. The molecule has 0 aliphatic carbocycles. The molecule has 3 rings (SSSR count). The summed E-state index contributed by atoms with van der Waals surface area (Å²) in [4.78, 5) is 27.8. The summed E-state index contributed by atoms with van der Waals surface area (Å²) in [6.45, 7) is 0. The fourth-order valence-electron chi connectivity index (χ4n) is 3.21. The van der Waals surface area contributed by atoms with Gasteiger partial charge in [-0.2, -0.15) is 26.3 Å². The standard InChI is InChI=1S/C26H21F6N3O2/c1-35(2)21-11-9-16(10-12-21)13-22(23(36)33-19-7-3-5-17(14-19)25(27,28)29)24(37)34-20-8-4-6-18(15-20)26(30,31)32/h3-15H,1-2H3,(H,33,36)(H,34,37). The topological polar surface area (TPSA) is 61.4 Å². The molecule has 0 radical (unpaired) electrons. The molecule has 3 aromatic rings. The Morgan fingerprint density at radius 1 is 0.703 bits per heavy atom. The van der Waals surface area contributed by atoms with E-state index < -0.39 is 40.9 Å². The number of nitrogens with one attached hydrogen (secondary N) is 2. The molecular weight excluding hydrogens is 500 g/mol. The Morgan fingerprint density at radius 2 is 1.14 bits per heavy atom. The second-order valence-corrected chi connectivity index (χ2v) is 8.11. The van der Waals surface area contributed by atoms with E-state index in [2.05, 4.69) is 10.6 Å². The fourth-order valence-corrected chi connectivity index (χ4v) is 3.21. The highest BCUT2D eigenvalue weighted by molar-refractivity contribution is 6.28. The molecule has 0 saturated carbocycles. The van der Waals surface area contributed by atoms with E-state index in [1.165, 1.54) is 18.2 Å². The average molecular weight is 521 g/mol. The summed E-state index contributed by atoms with van der Waals surface area (Å²) in [6, 6.07) is 14.3. The number of amides is 2. The van der Waals surface area contributed by atoms with Crippen LogP contribution in [0.5, 0.6) is 0 Å². The normalized spacial score (nSPS) is 11.5. The number of hydrogen-bond donors (Lipinski definition) is 2. The van der Waals surface area contributed by atoms with Crippen LogP contribution in [-0.2, 0) is 21.9 Å². The third-order valence-corrected chi connectivity index (χ3v) is 5.11. The fraction of sp³-hybridized carbons (Fsp3) is 0.154. The quantitative estimate of drug-likeness (QED) is 0.170. The van der Waals surface area contributed by atoms with Crippen LogP contribution in [0.1, 0.15) is 16.7 Å². The van der Waals surface area contributed by atoms with Crippen LogP contribution in [0.3, 0.4) is 0 Å². The van der Waals surface area contributed by atoms with Crippen molar-refractivity contribution in [3.8, 4) is 0 Å². The second kappa shape index (κ2) is 10.8. The van der Waals surface area contributed by atoms with Gasteiger partial charge in [-0.3, -0.25) is 9.59 Å². The van der Waals surface area contributed by atoms with Gasteiger partial charge in [0.2, 0.25) is 0 Å². The number of nitrogens with zero attached hydrogens (tertiary/aromatic N) is 1. The molecule has 0 saturated heterocycles. The van der Waals surface area contributed by atoms with E-state index in [0.29, 0.717) is 17.7 Å². The molecule has 194 valence electrons. The summed E-state index contributed by atoms with van der Waals surface area (Å²) >= 11 is 0. The van der Waals surface area contributed by atoms with E-state index in [1.54, 1.807) is 38.4 Å². The van der Waals surface area contributed by atoms with Gasteiger partial charge >= 0.3 is 12.4 Å². The van der Waals surface area contributed by atoms with E-state index in [1.807, 2.05) is 4.90 Å². The van der Waals surface area contributed by atoms with E-state index >= 15 is 0 Å². The molecule has 0 aliphatic rings. The number of rotatable bonds is 6. The summed E-state index contributed by atoms with van der Waals surface area (Å²) in [5.74, 6) is -2.11. The van der Waals surface area contributed by atoms with Crippen molar-refractivity contribution in [3.05, 3.63) is 95.1 Å². The van der Waals surface area contributed by atoms with Crippen LogP contribution in [0, 0.1) is 0 Å². The summed E-state index contributed by atoms with van der Waals surface area (Å²) in [6.07, 6.45) is -8.13. The van der Waals surface area contributed by atoms with Gasteiger partial charge in [-0.05, 0) is 60.2 Å². The summed E-state index contributed by atoms with van der Waals surface area (Å²) in [7, 11) is 3.61. The average Bonchev–Trinajstić information content (AvgIpc) is 2.82. The molecule has 2 N–H and O–H groups in total. The molecule has 3 aromatic carbocycles. The maximum absolute atomic E-state index is 13.1. The van der Waals surface area contributed by atoms with Crippen LogP contribution in [0.15, 0.2) is 78.4 Å². The number of benzene rings is 3. The smallest absolute Gasteiger partial charge is 0.378 e. The minimum atomic E-state index is -4.66. The van der Waals surface area contributed by atoms with Crippen molar-refractivity contribution in [1.29, 1.82) is 0 Å². The SMILES string of the molecule is CN(C)c1ccc(C=C(C(=O)Nc2cccc(C(F)(F)F)c2)C(=O)Nc2cccc(C(F)(F)F)c2)cc1. The van der Waals surface area contributed by atoms with Gasteiger partial charge in [0.1, 0.15) is 5.57 Å². The van der Waals surface area contributed by atoms with Crippen molar-refractivity contribution in [2.45, 2.75) is 12.4 Å². The molecule has 0 aliphatic heterocycles. The monoisotopic (exact) mass is 521 g/mol. The second-order valence-electron chi connectivity index (χ2n) is 8.11. The Balaban J connectivity index is 1.95. The molecule has 0 atom stereocenters. The van der Waals surface area contributed by atoms with Crippen molar-refractivity contribution >= 4 is 35.0 Å².